The Balaban J connectivity index is 2.10. The van der Waals surface area contributed by atoms with E-state index >= 15 is 0 Å². The zero-order valence-electron chi connectivity index (χ0n) is 18.2. The molecule has 3 amide bonds. The number of carboxylic acids is 2. The SMILES string of the molecule is NC(Cc1ccc(O)cc1)C(=O)NC(CC(=O)O)C(=O)N1CCCC1C(=O)NC(CS)C(=O)O. The quantitative estimate of drug-likeness (QED) is 0.182. The molecule has 4 unspecified atom stereocenters. The molecule has 1 aromatic carbocycles. The van der Waals surface area contributed by atoms with Crippen molar-refractivity contribution in [2.24, 2.45) is 5.73 Å². The predicted octanol–water partition coefficient (Wildman–Crippen LogP) is -1.29. The highest BCUT2D eigenvalue weighted by Crippen LogP contribution is 2.20. The summed E-state index contributed by atoms with van der Waals surface area (Å²) in [5.74, 6) is -4.96. The van der Waals surface area contributed by atoms with Gasteiger partial charge in [0.25, 0.3) is 0 Å². The molecule has 0 saturated carbocycles. The van der Waals surface area contributed by atoms with E-state index in [4.69, 9.17) is 10.8 Å². The second-order valence-corrected chi connectivity index (χ2v) is 8.27. The Morgan fingerprint density at radius 1 is 1.09 bits per heavy atom. The molecule has 13 heteroatoms. The Morgan fingerprint density at radius 2 is 1.74 bits per heavy atom. The summed E-state index contributed by atoms with van der Waals surface area (Å²) in [6.45, 7) is 0.140. The van der Waals surface area contributed by atoms with Gasteiger partial charge in [-0.25, -0.2) is 4.79 Å². The first kappa shape index (κ1) is 26.9. The van der Waals surface area contributed by atoms with Crippen LogP contribution in [0.15, 0.2) is 24.3 Å². The van der Waals surface area contributed by atoms with Gasteiger partial charge in [-0.3, -0.25) is 19.2 Å². The zero-order valence-corrected chi connectivity index (χ0v) is 19.1. The third-order valence-corrected chi connectivity index (χ3v) is 5.72. The van der Waals surface area contributed by atoms with Crippen LogP contribution in [0.2, 0.25) is 0 Å². The highest BCUT2D eigenvalue weighted by molar-refractivity contribution is 7.80. The number of hydrogen-bond acceptors (Lipinski definition) is 8. The Morgan fingerprint density at radius 3 is 2.29 bits per heavy atom. The maximum atomic E-state index is 13.1. The topological polar surface area (TPSA) is 199 Å². The fourth-order valence-corrected chi connectivity index (χ4v) is 3.84. The summed E-state index contributed by atoms with van der Waals surface area (Å²) < 4.78 is 0. The number of carboxylic acid groups (broad SMARTS) is 2. The van der Waals surface area contributed by atoms with Crippen LogP contribution in [-0.2, 0) is 30.4 Å². The van der Waals surface area contributed by atoms with Crippen LogP contribution in [0.4, 0.5) is 0 Å². The molecule has 0 radical (unpaired) electrons. The Labute approximate surface area is 200 Å². The summed E-state index contributed by atoms with van der Waals surface area (Å²) in [7, 11) is 0. The van der Waals surface area contributed by atoms with Gasteiger partial charge in [0, 0.05) is 12.3 Å². The summed E-state index contributed by atoms with van der Waals surface area (Å²) in [6.07, 6.45) is 0.0476. The van der Waals surface area contributed by atoms with Gasteiger partial charge in [0.1, 0.15) is 23.9 Å². The van der Waals surface area contributed by atoms with E-state index in [0.29, 0.717) is 12.0 Å². The number of phenolic OH excluding ortho intramolecular Hbond substituents is 1. The lowest BCUT2D eigenvalue weighted by atomic mass is 10.0. The third kappa shape index (κ3) is 7.35. The standard InChI is InChI=1S/C21H28N4O8S/c22-13(8-11-3-5-12(26)6-4-11)18(29)23-14(9-17(27)28)20(31)25-7-1-2-16(25)19(30)24-15(10-34)21(32)33/h3-6,13-16,26,34H,1-2,7-10,22H2,(H,23,29)(H,24,30)(H,27,28)(H,32,33). The van der Waals surface area contributed by atoms with Gasteiger partial charge in [-0.15, -0.1) is 0 Å². The molecule has 34 heavy (non-hydrogen) atoms. The van der Waals surface area contributed by atoms with E-state index in [1.807, 2.05) is 0 Å². The van der Waals surface area contributed by atoms with Crippen molar-refractivity contribution >= 4 is 42.3 Å². The second kappa shape index (κ2) is 12.2. The smallest absolute Gasteiger partial charge is 0.327 e. The van der Waals surface area contributed by atoms with Crippen molar-refractivity contribution in [3.05, 3.63) is 29.8 Å². The van der Waals surface area contributed by atoms with E-state index in [0.717, 1.165) is 4.90 Å². The van der Waals surface area contributed by atoms with Gasteiger partial charge in [-0.05, 0) is 37.0 Å². The molecule has 1 fully saturated rings. The normalized spacial score (nSPS) is 17.9. The first-order valence-corrected chi connectivity index (χ1v) is 11.2. The Hall–Kier alpha value is -3.32. The Kier molecular flexibility index (Phi) is 9.69. The molecule has 2 rings (SSSR count). The maximum absolute atomic E-state index is 13.1. The van der Waals surface area contributed by atoms with E-state index in [-0.39, 0.29) is 30.9 Å². The van der Waals surface area contributed by atoms with Crippen LogP contribution in [0.5, 0.6) is 5.75 Å². The van der Waals surface area contributed by atoms with Crippen molar-refractivity contribution in [2.45, 2.75) is 49.9 Å². The molecule has 1 aliphatic heterocycles. The van der Waals surface area contributed by atoms with E-state index in [1.165, 1.54) is 12.1 Å². The number of nitrogens with zero attached hydrogens (tertiary/aromatic N) is 1. The molecule has 7 N–H and O–H groups in total. The first-order valence-electron chi connectivity index (χ1n) is 10.5. The molecule has 1 aliphatic rings. The molecule has 0 aromatic heterocycles. The van der Waals surface area contributed by atoms with Crippen LogP contribution < -0.4 is 16.4 Å². The number of benzene rings is 1. The van der Waals surface area contributed by atoms with Gasteiger partial charge < -0.3 is 36.6 Å². The summed E-state index contributed by atoms with van der Waals surface area (Å²) >= 11 is 3.89. The molecule has 1 saturated heterocycles. The van der Waals surface area contributed by atoms with E-state index in [1.54, 1.807) is 12.1 Å². The average Bonchev–Trinajstić information content (AvgIpc) is 3.27. The summed E-state index contributed by atoms with van der Waals surface area (Å²) in [5, 5.41) is 32.4. The summed E-state index contributed by atoms with van der Waals surface area (Å²) in [5.41, 5.74) is 6.57. The number of carbonyl (C=O) groups is 5. The number of carbonyl (C=O) groups excluding carboxylic acids is 3. The maximum Gasteiger partial charge on any atom is 0.327 e. The monoisotopic (exact) mass is 496 g/mol. The minimum absolute atomic E-state index is 0.0436. The zero-order chi connectivity index (χ0) is 25.4. The van der Waals surface area contributed by atoms with Crippen molar-refractivity contribution in [3.63, 3.8) is 0 Å². The van der Waals surface area contributed by atoms with Crippen molar-refractivity contribution in [3.8, 4) is 5.75 Å². The van der Waals surface area contributed by atoms with Crippen molar-refractivity contribution in [1.29, 1.82) is 0 Å². The van der Waals surface area contributed by atoms with E-state index < -0.39 is 60.2 Å². The highest BCUT2D eigenvalue weighted by atomic mass is 32.1. The summed E-state index contributed by atoms with van der Waals surface area (Å²) in [4.78, 5) is 62.0. The molecule has 0 bridgehead atoms. The van der Waals surface area contributed by atoms with Crippen molar-refractivity contribution in [2.75, 3.05) is 12.3 Å². The molecule has 1 aromatic rings. The lowest BCUT2D eigenvalue weighted by Gasteiger charge is -2.29. The second-order valence-electron chi connectivity index (χ2n) is 7.91. The van der Waals surface area contributed by atoms with Crippen LogP contribution in [0.25, 0.3) is 0 Å². The number of rotatable bonds is 11. The number of nitrogens with two attached hydrogens (primary N) is 1. The molecule has 0 aliphatic carbocycles. The minimum atomic E-state index is -1.47. The van der Waals surface area contributed by atoms with Crippen LogP contribution >= 0.6 is 12.6 Å². The predicted molar refractivity (Wildman–Crippen MR) is 122 cm³/mol. The molecular weight excluding hydrogens is 468 g/mol. The summed E-state index contributed by atoms with van der Waals surface area (Å²) in [6, 6.07) is 1.18. The largest absolute Gasteiger partial charge is 0.508 e. The number of aromatic hydroxyl groups is 1. The molecule has 0 spiro atoms. The molecule has 12 nitrogen and oxygen atoms in total. The number of hydrogen-bond donors (Lipinski definition) is 7. The fourth-order valence-electron chi connectivity index (χ4n) is 3.59. The van der Waals surface area contributed by atoms with Crippen LogP contribution in [-0.4, -0.2) is 86.3 Å². The lowest BCUT2D eigenvalue weighted by molar-refractivity contribution is -0.147. The minimum Gasteiger partial charge on any atom is -0.508 e. The van der Waals surface area contributed by atoms with Gasteiger partial charge in [0.2, 0.25) is 17.7 Å². The average molecular weight is 497 g/mol. The molecule has 186 valence electrons. The lowest BCUT2D eigenvalue weighted by Crippen LogP contribution is -2.57. The van der Waals surface area contributed by atoms with Crippen LogP contribution in [0.3, 0.4) is 0 Å². The number of nitrogens with one attached hydrogen (secondary N) is 2. The van der Waals surface area contributed by atoms with Gasteiger partial charge in [-0.1, -0.05) is 12.1 Å². The van der Waals surface area contributed by atoms with Gasteiger partial charge >= 0.3 is 11.9 Å². The van der Waals surface area contributed by atoms with E-state index in [9.17, 15) is 34.2 Å². The Bertz CT molecular complexity index is 926. The third-order valence-electron chi connectivity index (χ3n) is 5.36. The van der Waals surface area contributed by atoms with Gasteiger partial charge in [0.05, 0.1) is 12.5 Å². The highest BCUT2D eigenvalue weighted by Gasteiger charge is 2.39. The van der Waals surface area contributed by atoms with E-state index in [2.05, 4.69) is 23.3 Å². The molecular formula is C21H28N4O8S. The van der Waals surface area contributed by atoms with Crippen LogP contribution in [0.1, 0.15) is 24.8 Å². The van der Waals surface area contributed by atoms with Gasteiger partial charge in [0.15, 0.2) is 0 Å². The molecule has 4 atom stereocenters. The van der Waals surface area contributed by atoms with Crippen molar-refractivity contribution < 1.29 is 39.3 Å². The number of aliphatic carboxylic acids is 2. The fraction of sp³-hybridized carbons (Fsp3) is 0.476. The first-order chi connectivity index (χ1) is 16.0. The number of phenols is 1. The number of likely N-dealkylation sites (tertiary alicyclic amines) is 1. The molecule has 1 heterocycles. The van der Waals surface area contributed by atoms with Gasteiger partial charge in [-0.2, -0.15) is 12.6 Å². The van der Waals surface area contributed by atoms with Crippen LogP contribution in [0, 0.1) is 0 Å². The number of thiol groups is 1. The van der Waals surface area contributed by atoms with Crippen molar-refractivity contribution in [1.82, 2.24) is 15.5 Å². The number of amides is 3.